The van der Waals surface area contributed by atoms with Crippen LogP contribution in [0.4, 0.5) is 5.69 Å². The van der Waals surface area contributed by atoms with Crippen molar-refractivity contribution in [2.75, 3.05) is 0 Å². The highest BCUT2D eigenvalue weighted by Crippen LogP contribution is 2.22. The predicted molar refractivity (Wildman–Crippen MR) is 56.3 cm³/mol. The third-order valence-corrected chi connectivity index (χ3v) is 2.26. The van der Waals surface area contributed by atoms with Crippen LogP contribution in [-0.2, 0) is 0 Å². The quantitative estimate of drug-likeness (QED) is 0.423. The van der Waals surface area contributed by atoms with Gasteiger partial charge in [-0.3, -0.25) is 4.79 Å². The molecule has 78 valence electrons. The summed E-state index contributed by atoms with van der Waals surface area (Å²) in [7, 11) is 0. The van der Waals surface area contributed by atoms with Crippen LogP contribution in [-0.4, -0.2) is 17.0 Å². The minimum absolute atomic E-state index is 0. The molecule has 0 bridgehead atoms. The fourth-order valence-corrected chi connectivity index (χ4v) is 1.56. The molecule has 0 fully saturated rings. The lowest BCUT2D eigenvalue weighted by molar-refractivity contribution is -0.824. The van der Waals surface area contributed by atoms with Gasteiger partial charge >= 0.3 is 0 Å². The summed E-state index contributed by atoms with van der Waals surface area (Å²) in [5.41, 5.74) is 2.07. The van der Waals surface area contributed by atoms with E-state index in [-0.39, 0.29) is 5.48 Å². The van der Waals surface area contributed by atoms with E-state index in [4.69, 9.17) is 5.21 Å². The van der Waals surface area contributed by atoms with Gasteiger partial charge in [0, 0.05) is 5.39 Å². The van der Waals surface area contributed by atoms with E-state index in [1.807, 2.05) is 30.3 Å². The third kappa shape index (κ3) is 1.87. The zero-order valence-corrected chi connectivity index (χ0v) is 7.97. The Hall–Kier alpha value is -1.75. The predicted octanol–water partition coefficient (Wildman–Crippen LogP) is 0.412. The number of hydrogen-bond donors (Lipinski definition) is 2. The first-order valence-corrected chi connectivity index (χ1v) is 4.31. The first-order chi connectivity index (χ1) is 6.86. The zero-order chi connectivity index (χ0) is 9.97. The van der Waals surface area contributed by atoms with Crippen molar-refractivity contribution in [3.8, 4) is 0 Å². The lowest BCUT2D eigenvalue weighted by Crippen LogP contribution is -2.74. The number of benzene rings is 2. The largest absolute Gasteiger partial charge is 0.412 e. The number of rotatable bonds is 2. The van der Waals surface area contributed by atoms with E-state index in [2.05, 4.69) is 0 Å². The summed E-state index contributed by atoms with van der Waals surface area (Å²) in [6.45, 7) is 0. The van der Waals surface area contributed by atoms with Crippen LogP contribution in [0.5, 0.6) is 0 Å². The fraction of sp³-hybridized carbons (Fsp3) is 0. The van der Waals surface area contributed by atoms with Crippen molar-refractivity contribution in [2.24, 2.45) is 0 Å². The van der Waals surface area contributed by atoms with E-state index in [0.29, 0.717) is 11.3 Å². The van der Waals surface area contributed by atoms with Crippen molar-refractivity contribution in [2.45, 2.75) is 0 Å². The topological polar surface area (TPSA) is 85.4 Å². The van der Waals surface area contributed by atoms with Crippen LogP contribution < -0.4 is 5.48 Å². The maximum Gasteiger partial charge on any atom is 0.180 e. The Morgan fingerprint density at radius 2 is 1.87 bits per heavy atom. The average Bonchev–Trinajstić information content (AvgIpc) is 2.27. The number of hydrogen-bond acceptors (Lipinski definition) is 2. The molecular weight excluding hydrogens is 194 g/mol. The molecule has 0 aromatic heterocycles. The van der Waals surface area contributed by atoms with E-state index < -0.39 is 0 Å². The Balaban J connectivity index is 0.00000112. The first-order valence-electron chi connectivity index (χ1n) is 4.31. The normalized spacial score (nSPS) is 9.67. The lowest BCUT2D eigenvalue weighted by atomic mass is 10.1. The Morgan fingerprint density at radius 3 is 2.53 bits per heavy atom. The molecule has 15 heavy (non-hydrogen) atoms. The Morgan fingerprint density at radius 1 is 1.13 bits per heavy atom. The van der Waals surface area contributed by atoms with Crippen LogP contribution in [0.1, 0.15) is 10.4 Å². The van der Waals surface area contributed by atoms with Crippen molar-refractivity contribution in [3.63, 3.8) is 0 Å². The van der Waals surface area contributed by atoms with Gasteiger partial charge in [-0.1, -0.05) is 24.3 Å². The molecule has 0 aliphatic heterocycles. The SMILES string of the molecule is O.O=Cc1ccc2ccccc2c1[NH2+]O. The van der Waals surface area contributed by atoms with Gasteiger partial charge in [0.1, 0.15) is 0 Å². The molecule has 0 aliphatic rings. The van der Waals surface area contributed by atoms with Gasteiger partial charge in [0.2, 0.25) is 0 Å². The molecule has 0 atom stereocenters. The van der Waals surface area contributed by atoms with Gasteiger partial charge in [0.05, 0.1) is 5.56 Å². The minimum atomic E-state index is 0. The van der Waals surface area contributed by atoms with Gasteiger partial charge in [-0.2, -0.15) is 5.48 Å². The van der Waals surface area contributed by atoms with E-state index in [1.54, 1.807) is 6.07 Å². The van der Waals surface area contributed by atoms with Crippen LogP contribution in [0.25, 0.3) is 10.8 Å². The molecule has 2 rings (SSSR count). The van der Waals surface area contributed by atoms with Crippen molar-refractivity contribution >= 4 is 22.7 Å². The number of carbonyl (C=O) groups excluding carboxylic acids is 1. The number of nitrogens with two attached hydrogens (primary N) is 1. The van der Waals surface area contributed by atoms with Crippen molar-refractivity contribution in [1.29, 1.82) is 0 Å². The summed E-state index contributed by atoms with van der Waals surface area (Å²) in [6.07, 6.45) is 0.745. The van der Waals surface area contributed by atoms with E-state index in [0.717, 1.165) is 22.5 Å². The van der Waals surface area contributed by atoms with Gasteiger partial charge < -0.3 is 5.48 Å². The van der Waals surface area contributed by atoms with Crippen LogP contribution in [0, 0.1) is 0 Å². The van der Waals surface area contributed by atoms with E-state index in [1.165, 1.54) is 0 Å². The molecule has 0 saturated carbocycles. The summed E-state index contributed by atoms with van der Waals surface area (Å²) in [6, 6.07) is 11.2. The van der Waals surface area contributed by atoms with Gasteiger partial charge in [0.15, 0.2) is 12.0 Å². The minimum Gasteiger partial charge on any atom is -0.412 e. The first kappa shape index (κ1) is 11.3. The molecule has 2 aromatic rings. The van der Waals surface area contributed by atoms with Crippen LogP contribution >= 0.6 is 0 Å². The second-order valence-corrected chi connectivity index (χ2v) is 3.04. The molecule has 0 unspecified atom stereocenters. The van der Waals surface area contributed by atoms with Crippen molar-refractivity contribution < 1.29 is 21.0 Å². The Labute approximate surface area is 86.4 Å². The summed E-state index contributed by atoms with van der Waals surface area (Å²) >= 11 is 0. The Bertz CT molecular complexity index is 482. The summed E-state index contributed by atoms with van der Waals surface area (Å²) in [5.74, 6) is 0. The highest BCUT2D eigenvalue weighted by Gasteiger charge is 2.09. The number of quaternary nitrogens is 1. The van der Waals surface area contributed by atoms with Crippen LogP contribution in [0.2, 0.25) is 0 Å². The molecule has 5 N–H and O–H groups in total. The molecule has 0 spiro atoms. The Kier molecular flexibility index (Phi) is 3.51. The van der Waals surface area contributed by atoms with Crippen LogP contribution in [0.3, 0.4) is 0 Å². The maximum atomic E-state index is 10.7. The van der Waals surface area contributed by atoms with Gasteiger partial charge in [-0.05, 0) is 17.5 Å². The van der Waals surface area contributed by atoms with E-state index >= 15 is 0 Å². The molecule has 4 heteroatoms. The summed E-state index contributed by atoms with van der Waals surface area (Å²) in [5, 5.41) is 11.0. The molecule has 2 aromatic carbocycles. The van der Waals surface area contributed by atoms with Crippen molar-refractivity contribution in [1.82, 2.24) is 0 Å². The average molecular weight is 206 g/mol. The second kappa shape index (κ2) is 4.65. The fourth-order valence-electron chi connectivity index (χ4n) is 1.56. The number of carbonyl (C=O) groups is 1. The zero-order valence-electron chi connectivity index (χ0n) is 7.97. The second-order valence-electron chi connectivity index (χ2n) is 3.04. The smallest absolute Gasteiger partial charge is 0.180 e. The molecular formula is C11H12NO3+. The highest BCUT2D eigenvalue weighted by molar-refractivity contribution is 5.98. The monoisotopic (exact) mass is 206 g/mol. The molecule has 0 aliphatic carbocycles. The highest BCUT2D eigenvalue weighted by atomic mass is 16.5. The molecule has 0 heterocycles. The molecule has 0 saturated heterocycles. The van der Waals surface area contributed by atoms with Gasteiger partial charge in [0.25, 0.3) is 0 Å². The maximum absolute atomic E-state index is 10.7. The molecule has 0 radical (unpaired) electrons. The van der Waals surface area contributed by atoms with E-state index in [9.17, 15) is 4.79 Å². The standard InChI is InChI=1S/C11H9NO2.H2O/c13-7-9-6-5-8-3-1-2-4-10(8)11(9)12-14;/h1-7,12,14H;1H2/p+1. The van der Waals surface area contributed by atoms with Gasteiger partial charge in [-0.15, -0.1) is 0 Å². The summed E-state index contributed by atoms with van der Waals surface area (Å²) in [4.78, 5) is 10.7. The third-order valence-electron chi connectivity index (χ3n) is 2.26. The number of fused-ring (bicyclic) bond motifs is 1. The van der Waals surface area contributed by atoms with Gasteiger partial charge in [-0.25, -0.2) is 5.21 Å². The van der Waals surface area contributed by atoms with Crippen LogP contribution in [0.15, 0.2) is 36.4 Å². The molecule has 0 amide bonds. The molecule has 4 nitrogen and oxygen atoms in total. The lowest BCUT2D eigenvalue weighted by Gasteiger charge is -2.02. The number of aldehydes is 1. The summed E-state index contributed by atoms with van der Waals surface area (Å²) < 4.78 is 0. The van der Waals surface area contributed by atoms with Crippen molar-refractivity contribution in [3.05, 3.63) is 42.0 Å².